The number of nitrogens with zero attached hydrogens (tertiary/aromatic N) is 3. The van der Waals surface area contributed by atoms with Crippen molar-refractivity contribution >= 4 is 34.9 Å². The molecule has 1 heterocycles. The van der Waals surface area contributed by atoms with Crippen molar-refractivity contribution in [2.24, 2.45) is 0 Å². The van der Waals surface area contributed by atoms with Gasteiger partial charge in [0.15, 0.2) is 5.11 Å². The normalized spacial score (nSPS) is 14.1. The Kier molecular flexibility index (Phi) is 3.84. The molecule has 2 N–H and O–H groups in total. The zero-order valence-electron chi connectivity index (χ0n) is 10.7. The maximum absolute atomic E-state index is 5.86. The van der Waals surface area contributed by atoms with E-state index < -0.39 is 0 Å². The van der Waals surface area contributed by atoms with Gasteiger partial charge in [-0.25, -0.2) is 9.67 Å². The predicted octanol–water partition coefficient (Wildman–Crippen LogP) is 2.43. The Bertz CT molecular complexity index is 605. The fourth-order valence-corrected chi connectivity index (χ4v) is 2.14. The fraction of sp³-hybridized carbons (Fsp3) is 0.308. The van der Waals surface area contributed by atoms with Crippen molar-refractivity contribution in [3.63, 3.8) is 0 Å². The fourth-order valence-electron chi connectivity index (χ4n) is 1.76. The molecule has 0 aliphatic heterocycles. The molecule has 7 heteroatoms. The number of halogens is 1. The van der Waals surface area contributed by atoms with Gasteiger partial charge in [-0.05, 0) is 42.8 Å². The molecule has 2 aromatic rings. The molecular formula is C13H14ClN5S. The molecule has 1 aromatic heterocycles. The standard InChI is InChI=1S/C13H14ClN5S/c14-10-3-1-9(2-4-10)7-19-8-15-12(18-19)17-13(20)16-11-5-6-11/h1-4,8,11H,5-7H2,(H2,16,17,18,20). The van der Waals surface area contributed by atoms with E-state index in [9.17, 15) is 0 Å². The Morgan fingerprint density at radius 3 is 2.80 bits per heavy atom. The Morgan fingerprint density at radius 2 is 2.10 bits per heavy atom. The third-order valence-corrected chi connectivity index (χ3v) is 3.40. The van der Waals surface area contributed by atoms with Crippen LogP contribution in [0.5, 0.6) is 0 Å². The smallest absolute Gasteiger partial charge is 0.248 e. The number of anilines is 1. The molecule has 1 saturated carbocycles. The summed E-state index contributed by atoms with van der Waals surface area (Å²) < 4.78 is 1.76. The van der Waals surface area contributed by atoms with Gasteiger partial charge in [-0.1, -0.05) is 23.7 Å². The van der Waals surface area contributed by atoms with Gasteiger partial charge in [-0.2, -0.15) is 0 Å². The molecule has 3 rings (SSSR count). The second-order valence-corrected chi connectivity index (χ2v) is 5.61. The van der Waals surface area contributed by atoms with E-state index in [0.29, 0.717) is 23.6 Å². The minimum Gasteiger partial charge on any atom is -0.360 e. The van der Waals surface area contributed by atoms with Crippen LogP contribution in [0.1, 0.15) is 18.4 Å². The van der Waals surface area contributed by atoms with Gasteiger partial charge in [0.25, 0.3) is 0 Å². The van der Waals surface area contributed by atoms with Gasteiger partial charge in [0.1, 0.15) is 6.33 Å². The summed E-state index contributed by atoms with van der Waals surface area (Å²) in [6.07, 6.45) is 4.04. The maximum atomic E-state index is 5.86. The van der Waals surface area contributed by atoms with E-state index in [4.69, 9.17) is 23.8 Å². The minimum atomic E-state index is 0.511. The van der Waals surface area contributed by atoms with Crippen molar-refractivity contribution in [2.75, 3.05) is 5.32 Å². The van der Waals surface area contributed by atoms with Crippen LogP contribution in [0.15, 0.2) is 30.6 Å². The highest BCUT2D eigenvalue weighted by molar-refractivity contribution is 7.80. The average Bonchev–Trinajstić information content (AvgIpc) is 3.12. The monoisotopic (exact) mass is 307 g/mol. The summed E-state index contributed by atoms with van der Waals surface area (Å²) in [6.45, 7) is 0.647. The predicted molar refractivity (Wildman–Crippen MR) is 83.0 cm³/mol. The molecule has 1 aliphatic carbocycles. The second kappa shape index (κ2) is 5.76. The van der Waals surface area contributed by atoms with Crippen LogP contribution in [0.2, 0.25) is 5.02 Å². The zero-order valence-corrected chi connectivity index (χ0v) is 12.3. The van der Waals surface area contributed by atoms with Gasteiger partial charge in [0, 0.05) is 11.1 Å². The van der Waals surface area contributed by atoms with Crippen molar-refractivity contribution in [1.82, 2.24) is 20.1 Å². The molecule has 20 heavy (non-hydrogen) atoms. The van der Waals surface area contributed by atoms with Gasteiger partial charge in [-0.3, -0.25) is 5.32 Å². The van der Waals surface area contributed by atoms with Gasteiger partial charge in [0.2, 0.25) is 5.95 Å². The SMILES string of the molecule is S=C(Nc1ncn(Cc2ccc(Cl)cc2)n1)NC1CC1. The lowest BCUT2D eigenvalue weighted by Crippen LogP contribution is -2.30. The molecular weight excluding hydrogens is 294 g/mol. The molecule has 0 atom stereocenters. The van der Waals surface area contributed by atoms with Crippen LogP contribution in [-0.2, 0) is 6.54 Å². The first-order valence-electron chi connectivity index (χ1n) is 6.40. The minimum absolute atomic E-state index is 0.511. The third-order valence-electron chi connectivity index (χ3n) is 2.93. The quantitative estimate of drug-likeness (QED) is 0.850. The Hall–Kier alpha value is -1.66. The number of aromatic nitrogens is 3. The van der Waals surface area contributed by atoms with Crippen molar-refractivity contribution in [1.29, 1.82) is 0 Å². The number of hydrogen-bond donors (Lipinski definition) is 2. The zero-order chi connectivity index (χ0) is 13.9. The Balaban J connectivity index is 1.58. The highest BCUT2D eigenvalue weighted by atomic mass is 35.5. The molecule has 0 amide bonds. The van der Waals surface area contributed by atoms with E-state index in [1.165, 1.54) is 12.8 Å². The summed E-state index contributed by atoms with van der Waals surface area (Å²) in [6, 6.07) is 8.18. The van der Waals surface area contributed by atoms with E-state index >= 15 is 0 Å². The summed E-state index contributed by atoms with van der Waals surface area (Å²) >= 11 is 11.0. The van der Waals surface area contributed by atoms with Crippen molar-refractivity contribution in [3.8, 4) is 0 Å². The summed E-state index contributed by atoms with van der Waals surface area (Å²) in [5, 5.41) is 11.8. The van der Waals surface area contributed by atoms with Crippen LogP contribution in [0.4, 0.5) is 5.95 Å². The first-order chi connectivity index (χ1) is 9.69. The molecule has 0 spiro atoms. The lowest BCUT2D eigenvalue weighted by atomic mass is 10.2. The average molecular weight is 308 g/mol. The summed E-state index contributed by atoms with van der Waals surface area (Å²) in [5.41, 5.74) is 1.12. The van der Waals surface area contributed by atoms with Gasteiger partial charge < -0.3 is 5.32 Å². The van der Waals surface area contributed by atoms with Crippen molar-refractivity contribution in [3.05, 3.63) is 41.2 Å². The topological polar surface area (TPSA) is 54.8 Å². The number of thiocarbonyl (C=S) groups is 1. The van der Waals surface area contributed by atoms with E-state index in [0.717, 1.165) is 10.6 Å². The maximum Gasteiger partial charge on any atom is 0.248 e. The third kappa shape index (κ3) is 3.68. The first-order valence-corrected chi connectivity index (χ1v) is 7.19. The van der Waals surface area contributed by atoms with E-state index in [1.54, 1.807) is 11.0 Å². The molecule has 1 fully saturated rings. The second-order valence-electron chi connectivity index (χ2n) is 4.76. The van der Waals surface area contributed by atoms with Gasteiger partial charge in [-0.15, -0.1) is 5.10 Å². The number of benzene rings is 1. The highest BCUT2D eigenvalue weighted by Gasteiger charge is 2.22. The van der Waals surface area contributed by atoms with Gasteiger partial charge in [0.05, 0.1) is 6.54 Å². The molecule has 0 unspecified atom stereocenters. The molecule has 5 nitrogen and oxygen atoms in total. The van der Waals surface area contributed by atoms with E-state index in [1.807, 2.05) is 24.3 Å². The van der Waals surface area contributed by atoms with Crippen LogP contribution in [0, 0.1) is 0 Å². The molecule has 0 radical (unpaired) electrons. The summed E-state index contributed by atoms with van der Waals surface area (Å²) in [5.74, 6) is 0.511. The van der Waals surface area contributed by atoms with E-state index in [2.05, 4.69) is 20.7 Å². The largest absolute Gasteiger partial charge is 0.360 e. The lowest BCUT2D eigenvalue weighted by Gasteiger charge is -2.05. The van der Waals surface area contributed by atoms with Crippen LogP contribution in [0.25, 0.3) is 0 Å². The van der Waals surface area contributed by atoms with E-state index in [-0.39, 0.29) is 0 Å². The molecule has 0 bridgehead atoms. The summed E-state index contributed by atoms with van der Waals surface area (Å²) in [7, 11) is 0. The molecule has 1 aliphatic rings. The van der Waals surface area contributed by atoms with Gasteiger partial charge >= 0.3 is 0 Å². The van der Waals surface area contributed by atoms with Crippen LogP contribution >= 0.6 is 23.8 Å². The molecule has 104 valence electrons. The van der Waals surface area contributed by atoms with Crippen LogP contribution < -0.4 is 10.6 Å². The number of nitrogens with one attached hydrogen (secondary N) is 2. The highest BCUT2D eigenvalue weighted by Crippen LogP contribution is 2.18. The number of hydrogen-bond acceptors (Lipinski definition) is 3. The van der Waals surface area contributed by atoms with Crippen LogP contribution in [-0.4, -0.2) is 25.9 Å². The molecule has 1 aromatic carbocycles. The summed E-state index contributed by atoms with van der Waals surface area (Å²) in [4.78, 5) is 4.18. The Morgan fingerprint density at radius 1 is 1.35 bits per heavy atom. The first kappa shape index (κ1) is 13.3. The Labute approximate surface area is 127 Å². The lowest BCUT2D eigenvalue weighted by molar-refractivity contribution is 0.687. The molecule has 0 saturated heterocycles. The number of rotatable bonds is 4. The van der Waals surface area contributed by atoms with Crippen molar-refractivity contribution in [2.45, 2.75) is 25.4 Å². The van der Waals surface area contributed by atoms with Crippen molar-refractivity contribution < 1.29 is 0 Å². The van der Waals surface area contributed by atoms with Crippen LogP contribution in [0.3, 0.4) is 0 Å².